The van der Waals surface area contributed by atoms with Gasteiger partial charge in [0.2, 0.25) is 0 Å². The van der Waals surface area contributed by atoms with Crippen LogP contribution in [0.4, 0.5) is 5.69 Å². The number of benzene rings is 7. The van der Waals surface area contributed by atoms with Gasteiger partial charge in [0.1, 0.15) is 5.65 Å². The fourth-order valence-electron chi connectivity index (χ4n) is 12.0. The van der Waals surface area contributed by atoms with Crippen LogP contribution in [0.15, 0.2) is 199 Å². The Morgan fingerprint density at radius 3 is 2.27 bits per heavy atom. The summed E-state index contributed by atoms with van der Waals surface area (Å²) in [7, 11) is 0. The summed E-state index contributed by atoms with van der Waals surface area (Å²) in [5.74, 6) is 0.486. The van der Waals surface area contributed by atoms with Crippen LogP contribution in [0.3, 0.4) is 0 Å². The van der Waals surface area contributed by atoms with E-state index < -0.39 is 0 Å². The Hall–Kier alpha value is -7.88. The Kier molecular flexibility index (Phi) is 8.83. The average Bonchev–Trinajstić information content (AvgIpc) is 3.98. The summed E-state index contributed by atoms with van der Waals surface area (Å²) in [6.07, 6.45) is 22.5. The third-order valence-corrected chi connectivity index (χ3v) is 14.9. The van der Waals surface area contributed by atoms with Crippen LogP contribution in [0.1, 0.15) is 69.6 Å². The maximum absolute atomic E-state index is 5.15. The summed E-state index contributed by atoms with van der Waals surface area (Å²) in [5, 5.41) is 1.28. The minimum Gasteiger partial charge on any atom is -0.292 e. The number of aliphatic imine (C=N–C) groups is 1. The number of hydrogen-bond acceptors (Lipinski definition) is 2. The van der Waals surface area contributed by atoms with Crippen LogP contribution in [-0.2, 0) is 11.8 Å². The summed E-state index contributed by atoms with van der Waals surface area (Å²) in [4.78, 5) is 9.98. The lowest BCUT2D eigenvalue weighted by atomic mass is 9.65. The number of para-hydroxylation sites is 1. The van der Waals surface area contributed by atoms with Gasteiger partial charge in [0.25, 0.3) is 0 Å². The number of nitrogens with zero attached hydrogens (tertiary/aromatic N) is 3. The summed E-state index contributed by atoms with van der Waals surface area (Å²) < 4.78 is 2.40. The van der Waals surface area contributed by atoms with Gasteiger partial charge in [-0.05, 0) is 148 Å². The van der Waals surface area contributed by atoms with E-state index in [1.165, 1.54) is 83.2 Å². The second-order valence-electron chi connectivity index (χ2n) is 18.3. The van der Waals surface area contributed by atoms with Gasteiger partial charge in [-0.25, -0.2) is 4.98 Å². The highest BCUT2D eigenvalue weighted by Crippen LogP contribution is 2.66. The van der Waals surface area contributed by atoms with Crippen molar-refractivity contribution in [2.45, 2.75) is 38.0 Å². The number of allylic oxidation sites excluding steroid dienone is 6. The first-order valence-electron chi connectivity index (χ1n) is 23.4. The molecule has 2 heterocycles. The van der Waals surface area contributed by atoms with Crippen LogP contribution in [-0.4, -0.2) is 15.6 Å². The molecule has 3 nitrogen and oxygen atoms in total. The highest BCUT2D eigenvalue weighted by atomic mass is 15.0. The molecule has 4 aliphatic rings. The number of aromatic nitrogens is 2. The van der Waals surface area contributed by atoms with Crippen LogP contribution in [0.5, 0.6) is 0 Å². The van der Waals surface area contributed by atoms with Gasteiger partial charge in [-0.2, -0.15) is 0 Å². The fourth-order valence-corrected chi connectivity index (χ4v) is 12.0. The molecule has 0 amide bonds. The molecule has 0 saturated carbocycles. The lowest BCUT2D eigenvalue weighted by molar-refractivity contribution is 0.466. The number of fused-ring (bicyclic) bond motifs is 16. The normalized spacial score (nSPS) is 18.7. The van der Waals surface area contributed by atoms with Gasteiger partial charge in [0, 0.05) is 34.6 Å². The number of rotatable bonds is 6. The number of pyridine rings is 1. The molecule has 1 spiro atoms. The largest absolute Gasteiger partial charge is 0.292 e. The van der Waals surface area contributed by atoms with Crippen molar-refractivity contribution in [2.24, 2.45) is 10.9 Å². The fraction of sp³-hybridized carbons (Fsp3) is 0.111. The topological polar surface area (TPSA) is 29.7 Å². The molecule has 0 aliphatic heterocycles. The lowest BCUT2D eigenvalue weighted by Crippen LogP contribution is -2.33. The molecule has 0 fully saturated rings. The van der Waals surface area contributed by atoms with Gasteiger partial charge in [0.15, 0.2) is 0 Å². The minimum atomic E-state index is -0.377. The second kappa shape index (κ2) is 15.1. The quantitative estimate of drug-likeness (QED) is 0.153. The Bertz CT molecular complexity index is 3630. The van der Waals surface area contributed by atoms with Crippen molar-refractivity contribution in [2.75, 3.05) is 0 Å². The average molecular weight is 846 g/mol. The summed E-state index contributed by atoms with van der Waals surface area (Å²) >= 11 is 0. The SMILES string of the molecule is C/C=C\c1c(C)nc2c3c(c4cc(-c5ccc6c(c5)C5(c7ccccc7-c7ccc(-c8cccc(-c9ccccc9/C=N/c9ccccc9)c8)cc75)C5C=CC=CC65)ccc4n12)C=CCC3. The Labute approximate surface area is 386 Å². The van der Waals surface area contributed by atoms with Crippen LogP contribution in [0, 0.1) is 12.8 Å². The highest BCUT2D eigenvalue weighted by molar-refractivity contribution is 5.98. The van der Waals surface area contributed by atoms with E-state index >= 15 is 0 Å². The number of imidazole rings is 1. The molecule has 4 aliphatic carbocycles. The Morgan fingerprint density at radius 1 is 0.652 bits per heavy atom. The number of aryl methyl sites for hydroxylation is 2. The van der Waals surface area contributed by atoms with Crippen molar-refractivity contribution in [3.05, 3.63) is 245 Å². The number of hydrogen-bond donors (Lipinski definition) is 0. The standard InChI is InChI=1S/C63H47N3/c1-3-16-60-40(2)65-62-54-26-10-9-23-49(54)55-36-42(31-34-61(55)66(60)62)44-30-33-53-51-25-12-14-28-57(51)63(59(53)38-44)56-27-13-11-24-50(56)52-32-29-43(37-58(52)63)41-18-15-19-45(35-41)48-22-8-7-17-46(48)39-64-47-20-5-4-6-21-47/h3-9,11-25,27-39,51,57H,10,26H2,1-2H3/b16-3-,64-39+. The van der Waals surface area contributed by atoms with E-state index in [9.17, 15) is 0 Å². The zero-order chi connectivity index (χ0) is 43.9. The second-order valence-corrected chi connectivity index (χ2v) is 18.3. The molecule has 7 aromatic carbocycles. The van der Waals surface area contributed by atoms with E-state index in [1.807, 2.05) is 36.5 Å². The maximum atomic E-state index is 5.15. The van der Waals surface area contributed by atoms with Crippen LogP contribution in [0.2, 0.25) is 0 Å². The van der Waals surface area contributed by atoms with Gasteiger partial charge in [-0.1, -0.05) is 158 Å². The van der Waals surface area contributed by atoms with Crippen LogP contribution >= 0.6 is 0 Å². The van der Waals surface area contributed by atoms with Gasteiger partial charge >= 0.3 is 0 Å². The van der Waals surface area contributed by atoms with E-state index in [2.05, 4.69) is 194 Å². The molecular weight excluding hydrogens is 799 g/mol. The molecule has 0 bridgehead atoms. The lowest BCUT2D eigenvalue weighted by Gasteiger charge is -2.36. The summed E-state index contributed by atoms with van der Waals surface area (Å²) in [6, 6.07) is 58.7. The van der Waals surface area contributed by atoms with E-state index in [0.717, 1.165) is 46.7 Å². The monoisotopic (exact) mass is 845 g/mol. The predicted molar refractivity (Wildman–Crippen MR) is 276 cm³/mol. The summed E-state index contributed by atoms with van der Waals surface area (Å²) in [5.41, 5.74) is 24.3. The van der Waals surface area contributed by atoms with Gasteiger partial charge in [0.05, 0.1) is 28.0 Å². The van der Waals surface area contributed by atoms with Crippen molar-refractivity contribution in [3.63, 3.8) is 0 Å². The molecule has 2 aromatic heterocycles. The zero-order valence-electron chi connectivity index (χ0n) is 37.1. The van der Waals surface area contributed by atoms with Crippen molar-refractivity contribution in [1.29, 1.82) is 0 Å². The maximum Gasteiger partial charge on any atom is 0.141 e. The van der Waals surface area contributed by atoms with Gasteiger partial charge in [-0.3, -0.25) is 9.39 Å². The van der Waals surface area contributed by atoms with E-state index in [-0.39, 0.29) is 17.3 Å². The molecule has 0 saturated heterocycles. The van der Waals surface area contributed by atoms with Crippen molar-refractivity contribution in [3.8, 4) is 44.5 Å². The third kappa shape index (κ3) is 5.69. The van der Waals surface area contributed by atoms with Crippen LogP contribution in [0.25, 0.3) is 73.2 Å². The van der Waals surface area contributed by atoms with E-state index in [4.69, 9.17) is 9.98 Å². The smallest absolute Gasteiger partial charge is 0.141 e. The molecule has 0 N–H and O–H groups in total. The Balaban J connectivity index is 0.977. The first kappa shape index (κ1) is 38.6. The highest BCUT2D eigenvalue weighted by Gasteiger charge is 2.57. The molecule has 3 heteroatoms. The minimum absolute atomic E-state index is 0.226. The first-order valence-corrected chi connectivity index (χ1v) is 23.4. The summed E-state index contributed by atoms with van der Waals surface area (Å²) in [6.45, 7) is 4.23. The van der Waals surface area contributed by atoms with Crippen molar-refractivity contribution >= 4 is 40.6 Å². The molecule has 314 valence electrons. The molecule has 3 unspecified atom stereocenters. The van der Waals surface area contributed by atoms with E-state index in [0.29, 0.717) is 0 Å². The molecule has 9 aromatic rings. The Morgan fingerprint density at radius 2 is 1.38 bits per heavy atom. The molecular formula is C63H47N3. The van der Waals surface area contributed by atoms with Crippen LogP contribution < -0.4 is 0 Å². The predicted octanol–water partition coefficient (Wildman–Crippen LogP) is 15.7. The molecule has 3 atom stereocenters. The van der Waals surface area contributed by atoms with Crippen molar-refractivity contribution in [1.82, 2.24) is 9.38 Å². The molecule has 13 rings (SSSR count). The zero-order valence-corrected chi connectivity index (χ0v) is 37.1. The first-order chi connectivity index (χ1) is 32.6. The molecule has 66 heavy (non-hydrogen) atoms. The van der Waals surface area contributed by atoms with Gasteiger partial charge < -0.3 is 0 Å². The van der Waals surface area contributed by atoms with Gasteiger partial charge in [-0.15, -0.1) is 0 Å². The van der Waals surface area contributed by atoms with E-state index in [1.54, 1.807) is 0 Å². The molecule has 0 radical (unpaired) electrons. The van der Waals surface area contributed by atoms with Crippen molar-refractivity contribution < 1.29 is 0 Å². The third-order valence-electron chi connectivity index (χ3n) is 14.9.